The summed E-state index contributed by atoms with van der Waals surface area (Å²) in [6, 6.07) is 0. The Bertz CT molecular complexity index is 102. The number of unbranched alkanes of at least 4 members (excludes halogenated alkanes) is 1. The number of nitrogens with one attached hydrogen (secondary N) is 1. The van der Waals surface area contributed by atoms with Crippen molar-refractivity contribution in [1.82, 2.24) is 5.48 Å². The molecule has 1 saturated heterocycles. The van der Waals surface area contributed by atoms with E-state index in [0.717, 1.165) is 19.1 Å². The van der Waals surface area contributed by atoms with Gasteiger partial charge in [-0.05, 0) is 18.8 Å². The average Bonchev–Trinajstić information content (AvgIpc) is 2.02. The van der Waals surface area contributed by atoms with E-state index in [1.54, 1.807) is 0 Å². The maximum Gasteiger partial charge on any atom is 0.326 e. The largest absolute Gasteiger partial charge is 0.398 e. The molecular formula is C8H19NO2Si. The molecule has 1 fully saturated rings. The van der Waals surface area contributed by atoms with Crippen molar-refractivity contribution < 1.29 is 8.95 Å². The van der Waals surface area contributed by atoms with Crippen LogP contribution in [0.4, 0.5) is 0 Å². The second-order valence-electron chi connectivity index (χ2n) is 3.32. The van der Waals surface area contributed by atoms with Crippen LogP contribution in [0.15, 0.2) is 0 Å². The van der Waals surface area contributed by atoms with Gasteiger partial charge in [0.25, 0.3) is 0 Å². The Labute approximate surface area is 76.8 Å². The molecule has 1 unspecified atom stereocenters. The third-order valence-corrected chi connectivity index (χ3v) is 3.03. The summed E-state index contributed by atoms with van der Waals surface area (Å²) < 4.78 is 10.5. The van der Waals surface area contributed by atoms with Crippen LogP contribution < -0.4 is 5.48 Å². The maximum atomic E-state index is 5.34. The Hall–Kier alpha value is 0.0969. The van der Waals surface area contributed by atoms with Gasteiger partial charge in [-0.25, -0.2) is 5.48 Å². The molecule has 0 bridgehead atoms. The van der Waals surface area contributed by atoms with Crippen LogP contribution >= 0.6 is 0 Å². The van der Waals surface area contributed by atoms with Crippen LogP contribution in [0.5, 0.6) is 0 Å². The van der Waals surface area contributed by atoms with E-state index in [0.29, 0.717) is 0 Å². The topological polar surface area (TPSA) is 30.5 Å². The molecule has 1 N–H and O–H groups in total. The lowest BCUT2D eigenvalue weighted by atomic mass is 9.99. The summed E-state index contributed by atoms with van der Waals surface area (Å²) in [5, 5.41) is 0. The number of hydrogen-bond donors (Lipinski definition) is 1. The van der Waals surface area contributed by atoms with Gasteiger partial charge >= 0.3 is 10.0 Å². The molecule has 0 aromatic heterocycles. The zero-order chi connectivity index (χ0) is 8.65. The maximum absolute atomic E-state index is 5.34. The van der Waals surface area contributed by atoms with Crippen LogP contribution in [-0.2, 0) is 8.95 Å². The molecule has 0 aliphatic carbocycles. The third kappa shape index (κ3) is 4.20. The number of rotatable bonds is 3. The van der Waals surface area contributed by atoms with Gasteiger partial charge in [0.2, 0.25) is 0 Å². The summed E-state index contributed by atoms with van der Waals surface area (Å²) >= 11 is 0. The van der Waals surface area contributed by atoms with Crippen molar-refractivity contribution in [2.75, 3.05) is 13.2 Å². The molecule has 0 aromatic rings. The molecule has 0 spiro atoms. The summed E-state index contributed by atoms with van der Waals surface area (Å²) in [6.07, 6.45) is 5.11. The molecule has 4 heteroatoms. The highest BCUT2D eigenvalue weighted by Gasteiger charge is 2.10. The fourth-order valence-electron chi connectivity index (χ4n) is 1.41. The van der Waals surface area contributed by atoms with Gasteiger partial charge in [0.15, 0.2) is 0 Å². The first-order valence-corrected chi connectivity index (χ1v) is 6.01. The van der Waals surface area contributed by atoms with E-state index in [2.05, 4.69) is 12.4 Å². The second kappa shape index (κ2) is 6.60. The predicted octanol–water partition coefficient (Wildman–Crippen LogP) is 0.733. The van der Waals surface area contributed by atoms with Crippen molar-refractivity contribution in [1.29, 1.82) is 0 Å². The average molecular weight is 189 g/mol. The summed E-state index contributed by atoms with van der Waals surface area (Å²) in [6.45, 7) is 4.15. The van der Waals surface area contributed by atoms with Crippen molar-refractivity contribution in [2.24, 2.45) is 5.92 Å². The van der Waals surface area contributed by atoms with Gasteiger partial charge in [0.05, 0.1) is 0 Å². The molecule has 0 saturated carbocycles. The molecule has 1 rings (SSSR count). The van der Waals surface area contributed by atoms with Crippen molar-refractivity contribution in [3.8, 4) is 0 Å². The minimum absolute atomic E-state index is 0.701. The Morgan fingerprint density at radius 1 is 1.58 bits per heavy atom. The molecule has 0 aromatic carbocycles. The summed E-state index contributed by atoms with van der Waals surface area (Å²) in [7, 11) is -0.701. The SMILES string of the molecule is CCCCC1CCO[SiH2]ONC1. The van der Waals surface area contributed by atoms with Crippen molar-refractivity contribution in [2.45, 2.75) is 32.6 Å². The van der Waals surface area contributed by atoms with Gasteiger partial charge in [0.1, 0.15) is 0 Å². The first-order valence-electron chi connectivity index (χ1n) is 4.86. The lowest BCUT2D eigenvalue weighted by molar-refractivity contribution is 0.101. The van der Waals surface area contributed by atoms with E-state index < -0.39 is 10.0 Å². The van der Waals surface area contributed by atoms with Crippen LogP contribution in [0.25, 0.3) is 0 Å². The van der Waals surface area contributed by atoms with Gasteiger partial charge in [-0.3, -0.25) is 0 Å². The minimum Gasteiger partial charge on any atom is -0.398 e. The van der Waals surface area contributed by atoms with E-state index in [-0.39, 0.29) is 0 Å². The van der Waals surface area contributed by atoms with E-state index in [1.807, 2.05) is 0 Å². The molecular weight excluding hydrogens is 170 g/mol. The van der Waals surface area contributed by atoms with Crippen molar-refractivity contribution in [3.05, 3.63) is 0 Å². The molecule has 1 aliphatic heterocycles. The Morgan fingerprint density at radius 2 is 2.50 bits per heavy atom. The minimum atomic E-state index is -0.701. The molecule has 0 radical (unpaired) electrons. The highest BCUT2D eigenvalue weighted by Crippen LogP contribution is 2.12. The normalized spacial score (nSPS) is 28.2. The molecule has 1 heterocycles. The Kier molecular flexibility index (Phi) is 5.59. The molecule has 72 valence electrons. The van der Waals surface area contributed by atoms with Gasteiger partial charge in [-0.2, -0.15) is 0 Å². The molecule has 1 aliphatic rings. The number of hydroxylamine groups is 1. The monoisotopic (exact) mass is 189 g/mol. The van der Waals surface area contributed by atoms with Crippen molar-refractivity contribution >= 4 is 10.0 Å². The summed E-state index contributed by atoms with van der Waals surface area (Å²) in [5.74, 6) is 0.749. The lowest BCUT2D eigenvalue weighted by Crippen LogP contribution is -2.30. The van der Waals surface area contributed by atoms with E-state index in [9.17, 15) is 0 Å². The molecule has 3 nitrogen and oxygen atoms in total. The second-order valence-corrected chi connectivity index (χ2v) is 4.25. The van der Waals surface area contributed by atoms with Gasteiger partial charge in [-0.1, -0.05) is 19.8 Å². The van der Waals surface area contributed by atoms with Crippen LogP contribution in [0.1, 0.15) is 32.6 Å². The van der Waals surface area contributed by atoms with Crippen LogP contribution in [-0.4, -0.2) is 23.2 Å². The summed E-state index contributed by atoms with van der Waals surface area (Å²) in [5.41, 5.74) is 2.98. The first kappa shape index (κ1) is 10.2. The zero-order valence-electron chi connectivity index (χ0n) is 7.84. The fourth-order valence-corrected chi connectivity index (χ4v) is 1.98. The van der Waals surface area contributed by atoms with Crippen LogP contribution in [0.3, 0.4) is 0 Å². The highest BCUT2D eigenvalue weighted by atomic mass is 28.3. The Balaban J connectivity index is 2.11. The van der Waals surface area contributed by atoms with Crippen LogP contribution in [0, 0.1) is 5.92 Å². The van der Waals surface area contributed by atoms with E-state index in [1.165, 1.54) is 25.7 Å². The van der Waals surface area contributed by atoms with Crippen molar-refractivity contribution in [3.63, 3.8) is 0 Å². The number of hydrogen-bond acceptors (Lipinski definition) is 3. The third-order valence-electron chi connectivity index (χ3n) is 2.25. The summed E-state index contributed by atoms with van der Waals surface area (Å²) in [4.78, 5) is 0. The quantitative estimate of drug-likeness (QED) is 0.664. The molecule has 1 atom stereocenters. The van der Waals surface area contributed by atoms with Gasteiger partial charge < -0.3 is 8.95 Å². The Morgan fingerprint density at radius 3 is 3.33 bits per heavy atom. The van der Waals surface area contributed by atoms with Gasteiger partial charge in [0, 0.05) is 13.2 Å². The predicted molar refractivity (Wildman–Crippen MR) is 51.2 cm³/mol. The smallest absolute Gasteiger partial charge is 0.326 e. The molecule has 0 amide bonds. The van der Waals surface area contributed by atoms with Crippen LogP contribution in [0.2, 0.25) is 0 Å². The lowest BCUT2D eigenvalue weighted by Gasteiger charge is -2.20. The van der Waals surface area contributed by atoms with E-state index >= 15 is 0 Å². The van der Waals surface area contributed by atoms with E-state index in [4.69, 9.17) is 8.95 Å². The standard InChI is InChI=1S/C8H19NO2Si/c1-2-3-4-8-5-6-10-12-11-9-7-8/h8-9H,2-7,12H2,1H3. The fraction of sp³-hybridized carbons (Fsp3) is 1.00. The first-order chi connectivity index (χ1) is 5.93. The highest BCUT2D eigenvalue weighted by molar-refractivity contribution is 6.17. The zero-order valence-corrected chi connectivity index (χ0v) is 9.26. The van der Waals surface area contributed by atoms with Gasteiger partial charge in [-0.15, -0.1) is 0 Å². The molecule has 12 heavy (non-hydrogen) atoms.